The van der Waals surface area contributed by atoms with E-state index < -0.39 is 17.8 Å². The Hall–Kier alpha value is -3.13. The van der Waals surface area contributed by atoms with Gasteiger partial charge in [0.25, 0.3) is 11.8 Å². The van der Waals surface area contributed by atoms with Gasteiger partial charge in [-0.3, -0.25) is 19.8 Å². The molecule has 1 heterocycles. The fourth-order valence-electron chi connectivity index (χ4n) is 2.55. The van der Waals surface area contributed by atoms with Gasteiger partial charge in [0.2, 0.25) is 0 Å². The number of benzene rings is 2. The first-order valence-corrected chi connectivity index (χ1v) is 8.68. The van der Waals surface area contributed by atoms with Gasteiger partial charge in [-0.05, 0) is 51.8 Å². The van der Waals surface area contributed by atoms with E-state index in [9.17, 15) is 14.4 Å². The smallest absolute Gasteiger partial charge is 0.308 e. The molecule has 8 heteroatoms. The first-order chi connectivity index (χ1) is 12.9. The van der Waals surface area contributed by atoms with E-state index >= 15 is 0 Å². The van der Waals surface area contributed by atoms with Gasteiger partial charge < -0.3 is 9.47 Å². The van der Waals surface area contributed by atoms with Crippen molar-refractivity contribution in [2.45, 2.75) is 6.92 Å². The zero-order chi connectivity index (χ0) is 19.6. The second-order valence-corrected chi connectivity index (χ2v) is 6.46. The summed E-state index contributed by atoms with van der Waals surface area (Å²) in [5.41, 5.74) is 3.60. The average Bonchev–Trinajstić information content (AvgIpc) is 2.92. The predicted octanol–water partition coefficient (Wildman–Crippen LogP) is 2.84. The molecule has 0 bridgehead atoms. The Labute approximate surface area is 163 Å². The molecular formula is C19H15BrN2O5. The summed E-state index contributed by atoms with van der Waals surface area (Å²) >= 11 is 3.31. The molecular weight excluding hydrogens is 416 g/mol. The summed E-state index contributed by atoms with van der Waals surface area (Å²) in [5, 5.41) is 1.19. The minimum absolute atomic E-state index is 0.0203. The largest absolute Gasteiger partial charge is 0.493 e. The summed E-state index contributed by atoms with van der Waals surface area (Å²) < 4.78 is 10.8. The molecule has 1 aliphatic rings. The van der Waals surface area contributed by atoms with Crippen molar-refractivity contribution in [1.82, 2.24) is 5.43 Å². The van der Waals surface area contributed by atoms with Crippen molar-refractivity contribution in [3.05, 3.63) is 58.1 Å². The molecule has 0 atom stereocenters. The van der Waals surface area contributed by atoms with E-state index in [-0.39, 0.29) is 17.1 Å². The molecule has 0 spiro atoms. The van der Waals surface area contributed by atoms with E-state index in [4.69, 9.17) is 9.47 Å². The molecule has 2 amide bonds. The molecule has 1 saturated heterocycles. The van der Waals surface area contributed by atoms with Crippen LogP contribution in [0.5, 0.6) is 11.5 Å². The third-order valence-electron chi connectivity index (χ3n) is 3.71. The van der Waals surface area contributed by atoms with Crippen molar-refractivity contribution in [3.63, 3.8) is 0 Å². The highest BCUT2D eigenvalue weighted by Gasteiger charge is 2.34. The van der Waals surface area contributed by atoms with Crippen LogP contribution in [0.4, 0.5) is 5.69 Å². The molecule has 2 aromatic rings. The van der Waals surface area contributed by atoms with Gasteiger partial charge in [-0.2, -0.15) is 0 Å². The fraction of sp³-hybridized carbons (Fsp3) is 0.105. The van der Waals surface area contributed by atoms with Crippen molar-refractivity contribution >= 4 is 45.5 Å². The Morgan fingerprint density at radius 1 is 1.19 bits per heavy atom. The van der Waals surface area contributed by atoms with Gasteiger partial charge in [0.1, 0.15) is 5.57 Å². The van der Waals surface area contributed by atoms with Crippen molar-refractivity contribution in [2.75, 3.05) is 12.1 Å². The molecule has 27 heavy (non-hydrogen) atoms. The lowest BCUT2D eigenvalue weighted by Gasteiger charge is -2.14. The zero-order valence-corrected chi connectivity index (χ0v) is 16.1. The molecule has 1 fully saturated rings. The Morgan fingerprint density at radius 2 is 1.89 bits per heavy atom. The summed E-state index contributed by atoms with van der Waals surface area (Å²) in [6, 6.07) is 12.0. The van der Waals surface area contributed by atoms with Crippen LogP contribution in [-0.4, -0.2) is 24.9 Å². The zero-order valence-electron chi connectivity index (χ0n) is 14.5. The number of esters is 1. The number of para-hydroxylation sites is 1. The van der Waals surface area contributed by atoms with Gasteiger partial charge in [-0.15, -0.1) is 0 Å². The number of amides is 2. The molecule has 0 aliphatic carbocycles. The number of methoxy groups -OCH3 is 1. The minimum Gasteiger partial charge on any atom is -0.493 e. The molecule has 0 aromatic heterocycles. The molecule has 1 aliphatic heterocycles. The first-order valence-electron chi connectivity index (χ1n) is 7.89. The first kappa shape index (κ1) is 18.7. The second-order valence-electron chi connectivity index (χ2n) is 5.60. The third kappa shape index (κ3) is 3.85. The number of rotatable bonds is 4. The highest BCUT2D eigenvalue weighted by atomic mass is 79.9. The van der Waals surface area contributed by atoms with E-state index in [1.165, 1.54) is 25.1 Å². The minimum atomic E-state index is -0.511. The van der Waals surface area contributed by atoms with Crippen LogP contribution in [-0.2, 0) is 14.4 Å². The molecule has 0 saturated carbocycles. The number of carbonyl (C=O) groups is 3. The number of halogens is 1. The lowest BCUT2D eigenvalue weighted by Crippen LogP contribution is -2.35. The second kappa shape index (κ2) is 7.63. The topological polar surface area (TPSA) is 84.9 Å². The summed E-state index contributed by atoms with van der Waals surface area (Å²) in [4.78, 5) is 36.1. The van der Waals surface area contributed by atoms with E-state index in [0.29, 0.717) is 15.7 Å². The predicted molar refractivity (Wildman–Crippen MR) is 102 cm³/mol. The number of hydrogen-bond donors (Lipinski definition) is 1. The Bertz CT molecular complexity index is 956. The van der Waals surface area contributed by atoms with Crippen LogP contribution in [0.3, 0.4) is 0 Å². The summed E-state index contributed by atoms with van der Waals surface area (Å²) in [7, 11) is 1.43. The monoisotopic (exact) mass is 430 g/mol. The standard InChI is InChI=1S/C19H15BrN2O5/c1-11(23)27-17-15(20)9-12(10-16(17)26-2)8-14-18(24)21-22(19(14)25)13-6-4-3-5-7-13/h3-10H,1-2H3,(H,21,24)/b14-8+. The number of hydrazine groups is 1. The number of carbonyl (C=O) groups excluding carboxylic acids is 3. The lowest BCUT2D eigenvalue weighted by atomic mass is 10.1. The molecule has 1 N–H and O–H groups in total. The van der Waals surface area contributed by atoms with Gasteiger partial charge in [0.15, 0.2) is 11.5 Å². The lowest BCUT2D eigenvalue weighted by molar-refractivity contribution is -0.132. The molecule has 7 nitrogen and oxygen atoms in total. The maximum absolute atomic E-state index is 12.6. The normalized spacial score (nSPS) is 15.1. The maximum Gasteiger partial charge on any atom is 0.308 e. The van der Waals surface area contributed by atoms with Gasteiger partial charge in [-0.25, -0.2) is 5.01 Å². The Morgan fingerprint density at radius 3 is 2.52 bits per heavy atom. The number of anilines is 1. The van der Waals surface area contributed by atoms with Crippen LogP contribution in [0.25, 0.3) is 6.08 Å². The van der Waals surface area contributed by atoms with E-state index in [1.807, 2.05) is 6.07 Å². The maximum atomic E-state index is 12.6. The number of ether oxygens (including phenoxy) is 2. The van der Waals surface area contributed by atoms with Crippen LogP contribution in [0.2, 0.25) is 0 Å². The van der Waals surface area contributed by atoms with Gasteiger partial charge in [0.05, 0.1) is 17.3 Å². The van der Waals surface area contributed by atoms with E-state index in [2.05, 4.69) is 21.4 Å². The Balaban J connectivity index is 1.96. The van der Waals surface area contributed by atoms with Crippen molar-refractivity contribution < 1.29 is 23.9 Å². The summed E-state index contributed by atoms with van der Waals surface area (Å²) in [6.07, 6.45) is 1.45. The quantitative estimate of drug-likeness (QED) is 0.348. The van der Waals surface area contributed by atoms with Crippen molar-refractivity contribution in [1.29, 1.82) is 0 Å². The van der Waals surface area contributed by atoms with Gasteiger partial charge in [-0.1, -0.05) is 18.2 Å². The molecule has 138 valence electrons. The third-order valence-corrected chi connectivity index (χ3v) is 4.30. The highest BCUT2D eigenvalue weighted by Crippen LogP contribution is 2.37. The van der Waals surface area contributed by atoms with Crippen LogP contribution < -0.4 is 19.9 Å². The summed E-state index contributed by atoms with van der Waals surface area (Å²) in [6.45, 7) is 1.28. The Kier molecular flexibility index (Phi) is 5.27. The molecule has 2 aromatic carbocycles. The summed E-state index contributed by atoms with van der Waals surface area (Å²) in [5.74, 6) is -0.963. The van der Waals surface area contributed by atoms with Gasteiger partial charge in [0, 0.05) is 6.92 Å². The SMILES string of the molecule is COc1cc(/C=C2\C(=O)NN(c3ccccc3)C2=O)cc(Br)c1OC(C)=O. The van der Waals surface area contributed by atoms with E-state index in [1.54, 1.807) is 36.4 Å². The van der Waals surface area contributed by atoms with Crippen LogP contribution in [0.1, 0.15) is 12.5 Å². The molecule has 0 radical (unpaired) electrons. The van der Waals surface area contributed by atoms with Crippen molar-refractivity contribution in [3.8, 4) is 11.5 Å². The van der Waals surface area contributed by atoms with E-state index in [0.717, 1.165) is 0 Å². The van der Waals surface area contributed by atoms with Crippen molar-refractivity contribution in [2.24, 2.45) is 0 Å². The molecule has 0 unspecified atom stereocenters. The number of nitrogens with zero attached hydrogens (tertiary/aromatic N) is 1. The van der Waals surface area contributed by atoms with Gasteiger partial charge >= 0.3 is 5.97 Å². The van der Waals surface area contributed by atoms with Crippen LogP contribution in [0.15, 0.2) is 52.5 Å². The average molecular weight is 431 g/mol. The van der Waals surface area contributed by atoms with Crippen LogP contribution in [0, 0.1) is 0 Å². The molecule has 3 rings (SSSR count). The number of hydrogen-bond acceptors (Lipinski definition) is 5. The fourth-order valence-corrected chi connectivity index (χ4v) is 3.09. The highest BCUT2D eigenvalue weighted by molar-refractivity contribution is 9.10. The van der Waals surface area contributed by atoms with Crippen LogP contribution >= 0.6 is 15.9 Å². The number of nitrogens with one attached hydrogen (secondary N) is 1.